The summed E-state index contributed by atoms with van der Waals surface area (Å²) in [5.41, 5.74) is 2.72. The second kappa shape index (κ2) is 3.63. The maximum atomic E-state index is 3.38. The molecule has 3 rings (SSSR count). The van der Waals surface area contributed by atoms with Crippen molar-refractivity contribution in [1.29, 1.82) is 0 Å². The van der Waals surface area contributed by atoms with Gasteiger partial charge in [0.2, 0.25) is 0 Å². The van der Waals surface area contributed by atoms with E-state index >= 15 is 0 Å². The summed E-state index contributed by atoms with van der Waals surface area (Å²) in [5, 5.41) is 1.38. The Labute approximate surface area is 96.3 Å². The zero-order valence-electron chi connectivity index (χ0n) is 9.90. The van der Waals surface area contributed by atoms with E-state index in [1.165, 1.54) is 29.4 Å². The van der Waals surface area contributed by atoms with Gasteiger partial charge < -0.3 is 4.98 Å². The number of hydrogen-bond donors (Lipinski definition) is 1. The highest BCUT2D eigenvalue weighted by atomic mass is 15.2. The number of H-pyrrole nitrogens is 1. The highest BCUT2D eigenvalue weighted by molar-refractivity contribution is 5.83. The van der Waals surface area contributed by atoms with Crippen molar-refractivity contribution < 1.29 is 0 Å². The lowest BCUT2D eigenvalue weighted by Crippen LogP contribution is -2.19. The van der Waals surface area contributed by atoms with Gasteiger partial charge in [-0.3, -0.25) is 4.90 Å². The quantitative estimate of drug-likeness (QED) is 0.772. The standard InChI is InChI=1S/C14H18N2/c1-10-7-8-16(2)14(10)12-9-15-13-6-4-3-5-11(12)13/h3-6,9-10,14-15H,7-8H2,1-2H3/t10-,14+/m1/s1. The van der Waals surface area contributed by atoms with Crippen LogP contribution in [0.15, 0.2) is 30.5 Å². The largest absolute Gasteiger partial charge is 0.361 e. The molecule has 1 fully saturated rings. The van der Waals surface area contributed by atoms with E-state index in [-0.39, 0.29) is 0 Å². The Hall–Kier alpha value is -1.28. The number of nitrogens with zero attached hydrogens (tertiary/aromatic N) is 1. The molecule has 2 heteroatoms. The van der Waals surface area contributed by atoms with E-state index in [1.54, 1.807) is 0 Å². The SMILES string of the molecule is C[C@@H]1CCN(C)[C@@H]1c1c[nH]c2ccccc12. The number of aromatic amines is 1. The van der Waals surface area contributed by atoms with Crippen molar-refractivity contribution in [3.05, 3.63) is 36.0 Å². The van der Waals surface area contributed by atoms with E-state index in [1.807, 2.05) is 0 Å². The molecule has 0 unspecified atom stereocenters. The average Bonchev–Trinajstić information content (AvgIpc) is 2.83. The molecule has 0 aliphatic carbocycles. The molecule has 1 saturated heterocycles. The van der Waals surface area contributed by atoms with Crippen molar-refractivity contribution in [3.63, 3.8) is 0 Å². The molecule has 1 N–H and O–H groups in total. The first-order valence-electron chi connectivity index (χ1n) is 6.03. The van der Waals surface area contributed by atoms with Crippen LogP contribution >= 0.6 is 0 Å². The number of benzene rings is 1. The molecule has 2 heterocycles. The fraction of sp³-hybridized carbons (Fsp3) is 0.429. The smallest absolute Gasteiger partial charge is 0.0457 e. The van der Waals surface area contributed by atoms with E-state index in [0.29, 0.717) is 6.04 Å². The van der Waals surface area contributed by atoms with Gasteiger partial charge in [0, 0.05) is 23.1 Å². The van der Waals surface area contributed by atoms with E-state index in [0.717, 1.165) is 5.92 Å². The second-order valence-electron chi connectivity index (χ2n) is 4.98. The molecule has 16 heavy (non-hydrogen) atoms. The van der Waals surface area contributed by atoms with Crippen molar-refractivity contribution in [2.24, 2.45) is 5.92 Å². The molecule has 1 aliphatic rings. The van der Waals surface area contributed by atoms with E-state index < -0.39 is 0 Å². The van der Waals surface area contributed by atoms with Gasteiger partial charge in [-0.1, -0.05) is 25.1 Å². The molecule has 0 saturated carbocycles. The van der Waals surface area contributed by atoms with Crippen LogP contribution in [0.3, 0.4) is 0 Å². The summed E-state index contributed by atoms with van der Waals surface area (Å²) in [6, 6.07) is 9.17. The fourth-order valence-corrected chi connectivity index (χ4v) is 3.02. The maximum absolute atomic E-state index is 3.38. The minimum Gasteiger partial charge on any atom is -0.361 e. The molecule has 2 aromatic rings. The highest BCUT2D eigenvalue weighted by Gasteiger charge is 2.31. The summed E-state index contributed by atoms with van der Waals surface area (Å²) in [6.45, 7) is 3.57. The highest BCUT2D eigenvalue weighted by Crippen LogP contribution is 2.38. The fourth-order valence-electron chi connectivity index (χ4n) is 3.02. The van der Waals surface area contributed by atoms with Gasteiger partial charge in [0.25, 0.3) is 0 Å². The van der Waals surface area contributed by atoms with Crippen LogP contribution < -0.4 is 0 Å². The predicted octanol–water partition coefficient (Wildman–Crippen LogP) is 3.18. The molecule has 2 nitrogen and oxygen atoms in total. The van der Waals surface area contributed by atoms with E-state index in [2.05, 4.69) is 54.3 Å². The third kappa shape index (κ3) is 1.37. The summed E-state index contributed by atoms with van der Waals surface area (Å²) in [7, 11) is 2.23. The normalized spacial score (nSPS) is 26.6. The number of para-hydroxylation sites is 1. The Bertz CT molecular complexity index is 490. The van der Waals surface area contributed by atoms with E-state index in [9.17, 15) is 0 Å². The van der Waals surface area contributed by atoms with Crippen molar-refractivity contribution in [2.75, 3.05) is 13.6 Å². The molecular weight excluding hydrogens is 196 g/mol. The van der Waals surface area contributed by atoms with Crippen LogP contribution in [0.4, 0.5) is 0 Å². The van der Waals surface area contributed by atoms with Crippen molar-refractivity contribution in [2.45, 2.75) is 19.4 Å². The molecule has 0 spiro atoms. The van der Waals surface area contributed by atoms with Crippen LogP contribution in [0.5, 0.6) is 0 Å². The average molecular weight is 214 g/mol. The first kappa shape index (κ1) is 9.91. The van der Waals surface area contributed by atoms with Gasteiger partial charge >= 0.3 is 0 Å². The number of rotatable bonds is 1. The van der Waals surface area contributed by atoms with Crippen LogP contribution in [0, 0.1) is 5.92 Å². The molecular formula is C14H18N2. The Morgan fingerprint density at radius 1 is 1.31 bits per heavy atom. The summed E-state index contributed by atoms with van der Waals surface area (Å²) < 4.78 is 0. The minimum atomic E-state index is 0.580. The number of aromatic nitrogens is 1. The van der Waals surface area contributed by atoms with Gasteiger partial charge in [-0.05, 0) is 37.6 Å². The van der Waals surface area contributed by atoms with Crippen molar-refractivity contribution in [3.8, 4) is 0 Å². The van der Waals surface area contributed by atoms with Crippen LogP contribution in [0.25, 0.3) is 10.9 Å². The maximum Gasteiger partial charge on any atom is 0.0457 e. The first-order chi connectivity index (χ1) is 7.77. The van der Waals surface area contributed by atoms with Gasteiger partial charge in [0.05, 0.1) is 0 Å². The molecule has 0 radical (unpaired) electrons. The Morgan fingerprint density at radius 3 is 2.88 bits per heavy atom. The molecule has 0 amide bonds. The van der Waals surface area contributed by atoms with Crippen LogP contribution in [-0.4, -0.2) is 23.5 Å². The first-order valence-corrected chi connectivity index (χ1v) is 6.03. The number of hydrogen-bond acceptors (Lipinski definition) is 1. The summed E-state index contributed by atoms with van der Waals surface area (Å²) in [5.74, 6) is 0.754. The van der Waals surface area contributed by atoms with Crippen LogP contribution in [0.1, 0.15) is 24.9 Å². The predicted molar refractivity (Wildman–Crippen MR) is 67.5 cm³/mol. The molecule has 1 aromatic heterocycles. The zero-order valence-corrected chi connectivity index (χ0v) is 9.90. The van der Waals surface area contributed by atoms with Crippen LogP contribution in [-0.2, 0) is 0 Å². The van der Waals surface area contributed by atoms with Gasteiger partial charge in [-0.25, -0.2) is 0 Å². The molecule has 1 aliphatic heterocycles. The number of likely N-dealkylation sites (tertiary alicyclic amines) is 1. The lowest BCUT2D eigenvalue weighted by Gasteiger charge is -2.22. The molecule has 2 atom stereocenters. The monoisotopic (exact) mass is 214 g/mol. The van der Waals surface area contributed by atoms with Crippen molar-refractivity contribution in [1.82, 2.24) is 9.88 Å². The third-order valence-corrected chi connectivity index (χ3v) is 3.89. The summed E-state index contributed by atoms with van der Waals surface area (Å²) >= 11 is 0. The van der Waals surface area contributed by atoms with E-state index in [4.69, 9.17) is 0 Å². The van der Waals surface area contributed by atoms with Gasteiger partial charge in [-0.15, -0.1) is 0 Å². The van der Waals surface area contributed by atoms with Gasteiger partial charge in [0.1, 0.15) is 0 Å². The van der Waals surface area contributed by atoms with Crippen LogP contribution in [0.2, 0.25) is 0 Å². The van der Waals surface area contributed by atoms with Gasteiger partial charge in [0.15, 0.2) is 0 Å². The zero-order chi connectivity index (χ0) is 11.1. The summed E-state index contributed by atoms with van der Waals surface area (Å²) in [4.78, 5) is 5.85. The second-order valence-corrected chi connectivity index (χ2v) is 4.98. The topological polar surface area (TPSA) is 19.0 Å². The lowest BCUT2D eigenvalue weighted by molar-refractivity contribution is 0.287. The van der Waals surface area contributed by atoms with Gasteiger partial charge in [-0.2, -0.15) is 0 Å². The number of fused-ring (bicyclic) bond motifs is 1. The Kier molecular flexibility index (Phi) is 2.25. The lowest BCUT2D eigenvalue weighted by atomic mass is 9.95. The van der Waals surface area contributed by atoms with Crippen molar-refractivity contribution >= 4 is 10.9 Å². The summed E-state index contributed by atoms with van der Waals surface area (Å²) in [6.07, 6.45) is 3.49. The third-order valence-electron chi connectivity index (χ3n) is 3.89. The molecule has 0 bridgehead atoms. The Morgan fingerprint density at radius 2 is 2.12 bits per heavy atom. The molecule has 1 aromatic carbocycles. The minimum absolute atomic E-state index is 0.580. The molecule has 84 valence electrons. The number of nitrogens with one attached hydrogen (secondary N) is 1. The Balaban J connectivity index is 2.11.